The number of benzene rings is 3. The van der Waals surface area contributed by atoms with E-state index >= 15 is 0 Å². The fraction of sp³-hybridized carbons (Fsp3) is 0.450. The molecule has 290 valence electrons. The minimum atomic E-state index is -1.49. The Kier molecular flexibility index (Phi) is 8.48. The first-order chi connectivity index (χ1) is 26.4. The zero-order valence-electron chi connectivity index (χ0n) is 31.7. The van der Waals surface area contributed by atoms with Crippen molar-refractivity contribution in [2.45, 2.75) is 68.1 Å². The Labute approximate surface area is 321 Å². The molecule has 6 heterocycles. The number of ether oxygens (including phenoxy) is 6. The topological polar surface area (TPSA) is 164 Å². The number of nitrogens with zero attached hydrogens (tertiary/aromatic N) is 2. The van der Waals surface area contributed by atoms with Crippen LogP contribution in [-0.4, -0.2) is 97.5 Å². The van der Waals surface area contributed by atoms with Crippen molar-refractivity contribution in [3.63, 3.8) is 0 Å². The monoisotopic (exact) mass is 772 g/mol. The minimum Gasteiger partial charge on any atom is -0.504 e. The Balaban J connectivity index is 1.38. The largest absolute Gasteiger partial charge is 0.504 e. The van der Waals surface area contributed by atoms with E-state index < -0.39 is 46.4 Å². The number of carbonyl (C=O) groups is 2. The summed E-state index contributed by atoms with van der Waals surface area (Å²) in [6.07, 6.45) is -0.319. The summed E-state index contributed by atoms with van der Waals surface area (Å²) in [5.41, 5.74) is 6.37. The molecule has 1 aromatic heterocycles. The highest BCUT2D eigenvalue weighted by molar-refractivity contribution is 8.01. The van der Waals surface area contributed by atoms with Crippen molar-refractivity contribution in [2.75, 3.05) is 48.3 Å². The normalized spacial score (nSPS) is 26.6. The third-order valence-corrected chi connectivity index (χ3v) is 13.5. The number of likely N-dealkylation sites (N-methyl/N-ethyl adjacent to an activating group) is 1. The molecule has 1 spiro atoms. The number of aliphatic hydroxyl groups is 1. The fourth-order valence-corrected chi connectivity index (χ4v) is 11.5. The van der Waals surface area contributed by atoms with E-state index in [1.807, 2.05) is 62.0 Å². The van der Waals surface area contributed by atoms with Gasteiger partial charge in [0.25, 0.3) is 0 Å². The van der Waals surface area contributed by atoms with Crippen LogP contribution in [0.15, 0.2) is 24.3 Å². The number of phenols is 1. The van der Waals surface area contributed by atoms with E-state index in [4.69, 9.17) is 28.4 Å². The number of methoxy groups -OCH3 is 2. The molecule has 9 rings (SSSR count). The van der Waals surface area contributed by atoms with Crippen molar-refractivity contribution < 1.29 is 48.2 Å². The lowest BCUT2D eigenvalue weighted by Crippen LogP contribution is -2.56. The summed E-state index contributed by atoms with van der Waals surface area (Å²) in [7, 11) is 7.01. The lowest BCUT2D eigenvalue weighted by atomic mass is 9.80. The van der Waals surface area contributed by atoms with Crippen LogP contribution in [0.25, 0.3) is 10.9 Å². The smallest absolute Gasteiger partial charge is 0.343 e. The van der Waals surface area contributed by atoms with Gasteiger partial charge in [0.15, 0.2) is 23.0 Å². The summed E-state index contributed by atoms with van der Waals surface area (Å²) >= 11 is 1.34. The maximum atomic E-state index is 15.0. The number of aromatic amines is 1. The highest BCUT2D eigenvalue weighted by atomic mass is 32.2. The molecule has 0 fully saturated rings. The number of nitrogens with one attached hydrogen (secondary N) is 2. The molecule has 0 amide bonds. The van der Waals surface area contributed by atoms with Crippen LogP contribution in [-0.2, 0) is 32.0 Å². The fourth-order valence-electron chi connectivity index (χ4n) is 9.71. The van der Waals surface area contributed by atoms with E-state index in [0.29, 0.717) is 69.7 Å². The first-order valence-electron chi connectivity index (χ1n) is 18.3. The number of aromatic nitrogens is 1. The maximum Gasteiger partial charge on any atom is 0.343 e. The lowest BCUT2D eigenvalue weighted by Gasteiger charge is -2.52. The van der Waals surface area contributed by atoms with Crippen molar-refractivity contribution in [3.8, 4) is 34.5 Å². The van der Waals surface area contributed by atoms with E-state index in [0.717, 1.165) is 27.6 Å². The predicted octanol–water partition coefficient (Wildman–Crippen LogP) is 4.39. The van der Waals surface area contributed by atoms with Crippen LogP contribution in [0.5, 0.6) is 34.5 Å². The van der Waals surface area contributed by atoms with Gasteiger partial charge in [0.1, 0.15) is 24.3 Å². The Hall–Kier alpha value is -4.67. The number of aliphatic hydroxyl groups excluding tert-OH is 1. The molecule has 2 bridgehead atoms. The molecule has 5 aliphatic rings. The quantitative estimate of drug-likeness (QED) is 0.171. The van der Waals surface area contributed by atoms with Gasteiger partial charge in [-0.3, -0.25) is 15.0 Å². The van der Waals surface area contributed by atoms with Crippen LogP contribution in [0.3, 0.4) is 0 Å². The SMILES string of the molecule is COc1ccc2[nH]c3c(c2c1)CCN[C@]31S[C@@H]2c3c(OC(C)=O)c(C)c4c(c3[C@H](COC1=O)N1[C@@H]2[C@@H](N(C)C)c2c(cc(C)c(OC)c2O)C[C@@H]1O)OCO4. The van der Waals surface area contributed by atoms with Crippen LogP contribution in [0.2, 0.25) is 0 Å². The van der Waals surface area contributed by atoms with E-state index in [9.17, 15) is 19.8 Å². The molecule has 0 saturated heterocycles. The first-order valence-corrected chi connectivity index (χ1v) is 19.2. The van der Waals surface area contributed by atoms with Crippen molar-refractivity contribution in [2.24, 2.45) is 0 Å². The van der Waals surface area contributed by atoms with Gasteiger partial charge in [0.2, 0.25) is 11.7 Å². The molecular formula is C40H44N4O10S. The zero-order valence-corrected chi connectivity index (χ0v) is 32.5. The summed E-state index contributed by atoms with van der Waals surface area (Å²) in [5.74, 6) is 1.17. The molecule has 3 aromatic carbocycles. The van der Waals surface area contributed by atoms with Gasteiger partial charge in [-0.05, 0) is 69.3 Å². The average molecular weight is 773 g/mol. The first kappa shape index (κ1) is 36.0. The lowest BCUT2D eigenvalue weighted by molar-refractivity contribution is -0.153. The van der Waals surface area contributed by atoms with Crippen LogP contribution >= 0.6 is 11.8 Å². The van der Waals surface area contributed by atoms with Crippen molar-refractivity contribution in [3.05, 3.63) is 68.9 Å². The number of thioether (sulfide) groups is 1. The number of aryl methyl sites for hydroxylation is 1. The van der Waals surface area contributed by atoms with Crippen LogP contribution in [0.1, 0.15) is 68.9 Å². The summed E-state index contributed by atoms with van der Waals surface area (Å²) < 4.78 is 36.2. The third kappa shape index (κ3) is 5.09. The van der Waals surface area contributed by atoms with E-state index in [1.54, 1.807) is 7.11 Å². The highest BCUT2D eigenvalue weighted by Gasteiger charge is 2.60. The summed E-state index contributed by atoms with van der Waals surface area (Å²) in [5, 5.41) is 28.4. The van der Waals surface area contributed by atoms with Crippen molar-refractivity contribution >= 4 is 34.6 Å². The molecule has 0 aliphatic carbocycles. The molecule has 55 heavy (non-hydrogen) atoms. The van der Waals surface area contributed by atoms with Gasteiger partial charge >= 0.3 is 11.9 Å². The molecule has 0 radical (unpaired) electrons. The number of rotatable bonds is 4. The van der Waals surface area contributed by atoms with E-state index in [1.165, 1.54) is 25.8 Å². The summed E-state index contributed by atoms with van der Waals surface area (Å²) in [6, 6.07) is 5.71. The third-order valence-electron chi connectivity index (χ3n) is 11.8. The standard InChI is InChI=1S/C40H44N4O10S/c1-17-12-20-13-26(46)44-25-15-51-39(48)40(38-22(10-11-41-40)23-14-21(49-6)8-9-24(23)42-38)55-37(31(44)30(43(4)5)27(20)32(47)33(17)50-7)29-28(25)36-35(52-16-53-36)18(2)34(29)54-19(3)45/h8-9,12,14,25-26,30-31,37,41-42,46-47H,10-11,13,15-16H2,1-7H3/t25-,26-,30-,31+,37+,40-/m0/s1. The van der Waals surface area contributed by atoms with Gasteiger partial charge < -0.3 is 48.5 Å². The van der Waals surface area contributed by atoms with Crippen molar-refractivity contribution in [1.29, 1.82) is 0 Å². The number of fused-ring (bicyclic) bond motifs is 9. The highest BCUT2D eigenvalue weighted by Crippen LogP contribution is 2.65. The minimum absolute atomic E-state index is 0.0158. The van der Waals surface area contributed by atoms with Gasteiger partial charge in [-0.1, -0.05) is 6.07 Å². The van der Waals surface area contributed by atoms with Gasteiger partial charge in [0.05, 0.1) is 37.2 Å². The molecule has 6 atom stereocenters. The molecule has 4 N–H and O–H groups in total. The Morgan fingerprint density at radius 1 is 1.05 bits per heavy atom. The molecule has 5 aliphatic heterocycles. The number of esters is 2. The van der Waals surface area contributed by atoms with Gasteiger partial charge in [-0.15, -0.1) is 11.8 Å². The number of phenolic OH excluding ortho intramolecular Hbond substituents is 1. The van der Waals surface area contributed by atoms with Crippen LogP contribution in [0, 0.1) is 13.8 Å². The summed E-state index contributed by atoms with van der Waals surface area (Å²) in [4.78, 5) is 34.1. The van der Waals surface area contributed by atoms with Crippen LogP contribution < -0.4 is 29.0 Å². The second-order valence-electron chi connectivity index (χ2n) is 15.0. The van der Waals surface area contributed by atoms with Gasteiger partial charge in [0, 0.05) is 59.1 Å². The van der Waals surface area contributed by atoms with Gasteiger partial charge in [-0.2, -0.15) is 0 Å². The molecular weight excluding hydrogens is 729 g/mol. The molecule has 0 saturated carbocycles. The van der Waals surface area contributed by atoms with E-state index in [-0.39, 0.29) is 25.6 Å². The summed E-state index contributed by atoms with van der Waals surface area (Å²) in [6.45, 7) is 5.26. The van der Waals surface area contributed by atoms with Crippen LogP contribution in [0.4, 0.5) is 0 Å². The molecule has 14 nitrogen and oxygen atoms in total. The number of aromatic hydroxyl groups is 1. The number of hydrogen-bond donors (Lipinski definition) is 4. The van der Waals surface area contributed by atoms with Crippen molar-refractivity contribution in [1.82, 2.24) is 20.1 Å². The average Bonchev–Trinajstić information content (AvgIpc) is 3.78. The van der Waals surface area contributed by atoms with E-state index in [2.05, 4.69) is 10.3 Å². The number of hydrogen-bond acceptors (Lipinski definition) is 14. The Morgan fingerprint density at radius 2 is 1.84 bits per heavy atom. The number of H-pyrrole nitrogens is 1. The second kappa shape index (κ2) is 12.9. The number of carbonyl (C=O) groups excluding carboxylic acids is 2. The maximum absolute atomic E-state index is 15.0. The second-order valence-corrected chi connectivity index (χ2v) is 16.4. The Morgan fingerprint density at radius 3 is 2.56 bits per heavy atom. The predicted molar refractivity (Wildman–Crippen MR) is 202 cm³/mol. The molecule has 4 aromatic rings. The Bertz CT molecular complexity index is 2290. The van der Waals surface area contributed by atoms with Gasteiger partial charge in [-0.25, -0.2) is 4.79 Å². The molecule has 0 unspecified atom stereocenters. The molecule has 15 heteroatoms. The number of cyclic esters (lactones) is 1. The zero-order chi connectivity index (χ0) is 38.7.